The van der Waals surface area contributed by atoms with E-state index in [1.807, 2.05) is 11.6 Å². The molecular weight excluding hydrogens is 366 g/mol. The molecule has 0 N–H and O–H groups in total. The molecule has 0 aliphatic carbocycles. The second kappa shape index (κ2) is 7.89. The summed E-state index contributed by atoms with van der Waals surface area (Å²) in [4.78, 5) is 11.3. The van der Waals surface area contributed by atoms with E-state index < -0.39 is 0 Å². The predicted molar refractivity (Wildman–Crippen MR) is 104 cm³/mol. The lowest BCUT2D eigenvalue weighted by molar-refractivity contribution is -0.0371. The second-order valence-electron chi connectivity index (χ2n) is 7.79. The topological polar surface area (TPSA) is 65.3 Å². The van der Waals surface area contributed by atoms with Crippen molar-refractivity contribution in [3.63, 3.8) is 0 Å². The first kappa shape index (κ1) is 18.9. The average Bonchev–Trinajstić information content (AvgIpc) is 2.99. The van der Waals surface area contributed by atoms with Crippen LogP contribution < -0.4 is 4.74 Å². The molecule has 1 unspecified atom stereocenters. The minimum atomic E-state index is -0.0944. The van der Waals surface area contributed by atoms with Crippen molar-refractivity contribution in [2.24, 2.45) is 0 Å². The maximum absolute atomic E-state index is 6.30. The molecule has 2 aromatic heterocycles. The van der Waals surface area contributed by atoms with Gasteiger partial charge in [-0.05, 0) is 64.5 Å². The molecule has 0 bridgehead atoms. The molecule has 0 spiro atoms. The van der Waals surface area contributed by atoms with Gasteiger partial charge >= 0.3 is 0 Å². The summed E-state index contributed by atoms with van der Waals surface area (Å²) in [5.41, 5.74) is 1.56. The Balaban J connectivity index is 1.60. The zero-order chi connectivity index (χ0) is 19.0. The number of rotatable bonds is 4. The lowest BCUT2D eigenvalue weighted by Gasteiger charge is -2.34. The lowest BCUT2D eigenvalue weighted by Crippen LogP contribution is -2.41. The number of halogens is 1. The van der Waals surface area contributed by atoms with E-state index >= 15 is 0 Å². The maximum atomic E-state index is 6.30. The standard InChI is InChI=1S/C19H28ClN5O2/c1-12(2)24-9-7-14(8-10-24)27-18-16-13(3)23-25(15-6-4-5-11-26-15)17(16)21-19(20)22-18/h12,14-15H,4-11H2,1-3H3. The molecule has 2 aromatic rings. The van der Waals surface area contributed by atoms with Crippen LogP contribution in [-0.2, 0) is 4.74 Å². The van der Waals surface area contributed by atoms with Crippen LogP contribution in [0, 0.1) is 6.92 Å². The Morgan fingerprint density at radius 2 is 1.93 bits per heavy atom. The third-order valence-corrected chi connectivity index (χ3v) is 5.75. The van der Waals surface area contributed by atoms with Crippen LogP contribution in [0.2, 0.25) is 5.28 Å². The largest absolute Gasteiger partial charge is 0.474 e. The number of aryl methyl sites for hydroxylation is 1. The second-order valence-corrected chi connectivity index (χ2v) is 8.13. The first-order valence-corrected chi connectivity index (χ1v) is 10.4. The van der Waals surface area contributed by atoms with E-state index in [0.717, 1.165) is 62.9 Å². The Morgan fingerprint density at radius 1 is 1.15 bits per heavy atom. The van der Waals surface area contributed by atoms with Crippen molar-refractivity contribution in [1.82, 2.24) is 24.6 Å². The third-order valence-electron chi connectivity index (χ3n) is 5.58. The molecule has 148 valence electrons. The third kappa shape index (κ3) is 3.91. The number of nitrogens with zero attached hydrogens (tertiary/aromatic N) is 5. The van der Waals surface area contributed by atoms with E-state index in [0.29, 0.717) is 17.6 Å². The van der Waals surface area contributed by atoms with Crippen LogP contribution in [0.5, 0.6) is 5.88 Å². The van der Waals surface area contributed by atoms with Crippen LogP contribution >= 0.6 is 11.6 Å². The number of likely N-dealkylation sites (tertiary alicyclic amines) is 1. The Kier molecular flexibility index (Phi) is 5.53. The molecule has 0 aromatic carbocycles. The molecule has 1 atom stereocenters. The first-order chi connectivity index (χ1) is 13.0. The van der Waals surface area contributed by atoms with Crippen molar-refractivity contribution in [3.05, 3.63) is 11.0 Å². The summed E-state index contributed by atoms with van der Waals surface area (Å²) in [5.74, 6) is 0.549. The van der Waals surface area contributed by atoms with Crippen LogP contribution in [0.4, 0.5) is 0 Å². The van der Waals surface area contributed by atoms with Crippen LogP contribution in [0.1, 0.15) is 57.9 Å². The van der Waals surface area contributed by atoms with Crippen molar-refractivity contribution in [2.75, 3.05) is 19.7 Å². The van der Waals surface area contributed by atoms with E-state index in [1.165, 1.54) is 0 Å². The zero-order valence-corrected chi connectivity index (χ0v) is 17.1. The van der Waals surface area contributed by atoms with Crippen LogP contribution in [-0.4, -0.2) is 56.5 Å². The highest BCUT2D eigenvalue weighted by molar-refractivity contribution is 6.28. The molecule has 0 saturated carbocycles. The highest BCUT2D eigenvalue weighted by atomic mass is 35.5. The fraction of sp³-hybridized carbons (Fsp3) is 0.737. The van der Waals surface area contributed by atoms with Gasteiger partial charge in [-0.3, -0.25) is 0 Å². The SMILES string of the molecule is Cc1nn(C2CCCCO2)c2nc(Cl)nc(OC3CCN(C(C)C)CC3)c12. The van der Waals surface area contributed by atoms with Gasteiger partial charge in [-0.15, -0.1) is 0 Å². The molecule has 0 radical (unpaired) electrons. The maximum Gasteiger partial charge on any atom is 0.229 e. The molecule has 2 aliphatic rings. The molecule has 27 heavy (non-hydrogen) atoms. The molecule has 4 rings (SSSR count). The summed E-state index contributed by atoms with van der Waals surface area (Å²) >= 11 is 6.23. The van der Waals surface area contributed by atoms with E-state index in [-0.39, 0.29) is 17.6 Å². The number of piperidine rings is 1. The number of aromatic nitrogens is 4. The summed E-state index contributed by atoms with van der Waals surface area (Å²) in [6.45, 7) is 9.27. The van der Waals surface area contributed by atoms with Gasteiger partial charge in [0.15, 0.2) is 11.9 Å². The number of hydrogen-bond acceptors (Lipinski definition) is 6. The van der Waals surface area contributed by atoms with Crippen molar-refractivity contribution < 1.29 is 9.47 Å². The summed E-state index contributed by atoms with van der Waals surface area (Å²) in [6.07, 6.45) is 5.17. The molecular formula is C19H28ClN5O2. The molecule has 0 amide bonds. The number of hydrogen-bond donors (Lipinski definition) is 0. The Hall–Kier alpha value is -1.44. The van der Waals surface area contributed by atoms with Crippen LogP contribution in [0.25, 0.3) is 11.0 Å². The molecule has 4 heterocycles. The van der Waals surface area contributed by atoms with Gasteiger partial charge in [-0.25, -0.2) is 4.68 Å². The fourth-order valence-electron chi connectivity index (χ4n) is 4.02. The van der Waals surface area contributed by atoms with E-state index in [1.54, 1.807) is 0 Å². The van der Waals surface area contributed by atoms with Gasteiger partial charge in [0.1, 0.15) is 11.5 Å². The molecule has 2 aliphatic heterocycles. The van der Waals surface area contributed by atoms with Gasteiger partial charge in [0, 0.05) is 25.7 Å². The molecule has 7 nitrogen and oxygen atoms in total. The summed E-state index contributed by atoms with van der Waals surface area (Å²) in [5, 5.41) is 5.72. The molecule has 8 heteroatoms. The van der Waals surface area contributed by atoms with Crippen molar-refractivity contribution in [2.45, 2.75) is 71.2 Å². The van der Waals surface area contributed by atoms with Crippen molar-refractivity contribution in [3.8, 4) is 5.88 Å². The van der Waals surface area contributed by atoms with E-state index in [2.05, 4.69) is 33.8 Å². The minimum absolute atomic E-state index is 0.0944. The van der Waals surface area contributed by atoms with Crippen molar-refractivity contribution >= 4 is 22.6 Å². The minimum Gasteiger partial charge on any atom is -0.474 e. The highest BCUT2D eigenvalue weighted by Crippen LogP contribution is 2.33. The monoisotopic (exact) mass is 393 g/mol. The normalized spacial score (nSPS) is 22.6. The van der Waals surface area contributed by atoms with Gasteiger partial charge in [0.05, 0.1) is 5.69 Å². The predicted octanol–water partition coefficient (Wildman–Crippen LogP) is 3.74. The number of ether oxygens (including phenoxy) is 2. The van der Waals surface area contributed by atoms with Crippen LogP contribution in [0.15, 0.2) is 0 Å². The molecule has 2 saturated heterocycles. The van der Waals surface area contributed by atoms with E-state index in [9.17, 15) is 0 Å². The van der Waals surface area contributed by atoms with E-state index in [4.69, 9.17) is 21.1 Å². The van der Waals surface area contributed by atoms with Crippen LogP contribution in [0.3, 0.4) is 0 Å². The number of fused-ring (bicyclic) bond motifs is 1. The van der Waals surface area contributed by atoms with Gasteiger partial charge in [0.25, 0.3) is 0 Å². The quantitative estimate of drug-likeness (QED) is 0.737. The van der Waals surface area contributed by atoms with Gasteiger partial charge < -0.3 is 14.4 Å². The average molecular weight is 394 g/mol. The zero-order valence-electron chi connectivity index (χ0n) is 16.3. The van der Waals surface area contributed by atoms with Gasteiger partial charge in [-0.1, -0.05) is 0 Å². The van der Waals surface area contributed by atoms with Crippen molar-refractivity contribution in [1.29, 1.82) is 0 Å². The fourth-order valence-corrected chi connectivity index (χ4v) is 4.17. The van der Waals surface area contributed by atoms with Gasteiger partial charge in [-0.2, -0.15) is 15.1 Å². The summed E-state index contributed by atoms with van der Waals surface area (Å²) in [7, 11) is 0. The Labute approximate surface area is 165 Å². The Bertz CT molecular complexity index is 795. The Morgan fingerprint density at radius 3 is 2.59 bits per heavy atom. The highest BCUT2D eigenvalue weighted by Gasteiger charge is 2.27. The lowest BCUT2D eigenvalue weighted by atomic mass is 10.1. The van der Waals surface area contributed by atoms with Gasteiger partial charge in [0.2, 0.25) is 11.2 Å². The molecule has 2 fully saturated rings. The summed E-state index contributed by atoms with van der Waals surface area (Å²) < 4.78 is 14.1. The smallest absolute Gasteiger partial charge is 0.229 e. The first-order valence-electron chi connectivity index (χ1n) is 9.97. The summed E-state index contributed by atoms with van der Waals surface area (Å²) in [6, 6.07) is 0.571.